The Morgan fingerprint density at radius 1 is 0.879 bits per heavy atom. The topological polar surface area (TPSA) is 77.3 Å². The fraction of sp³-hybridized carbons (Fsp3) is 0.0769. The molecule has 0 bridgehead atoms. The summed E-state index contributed by atoms with van der Waals surface area (Å²) in [7, 11) is 1.60. The normalized spacial score (nSPS) is 14.5. The Labute approximate surface area is 190 Å². The number of aromatic nitrogens is 3. The van der Waals surface area contributed by atoms with Gasteiger partial charge in [-0.3, -0.25) is 14.5 Å². The number of fused-ring (bicyclic) bond motifs is 1. The van der Waals surface area contributed by atoms with Crippen LogP contribution in [0.2, 0.25) is 0 Å². The molecule has 2 amide bonds. The summed E-state index contributed by atoms with van der Waals surface area (Å²) in [6.45, 7) is 0.179. The standard InChI is InChI=1S/C26H20N4O3/c1-33-21-12-8-19(9-13-21)15-29-25(31)23-5-3-2-4-22(23)24(26(29)32)14-18-6-10-20(11-7-18)30-17-27-16-28-30/h2-14,16-17H,15H2,1H3/b24-14-. The van der Waals surface area contributed by atoms with Gasteiger partial charge in [-0.15, -0.1) is 0 Å². The summed E-state index contributed by atoms with van der Waals surface area (Å²) in [6.07, 6.45) is 4.92. The third kappa shape index (κ3) is 3.92. The molecule has 0 radical (unpaired) electrons. The molecule has 162 valence electrons. The number of rotatable bonds is 5. The van der Waals surface area contributed by atoms with Gasteiger partial charge in [-0.25, -0.2) is 9.67 Å². The Morgan fingerprint density at radius 2 is 1.61 bits per heavy atom. The second-order valence-corrected chi connectivity index (χ2v) is 7.58. The molecule has 7 nitrogen and oxygen atoms in total. The number of imide groups is 1. The van der Waals surface area contributed by atoms with E-state index in [0.29, 0.717) is 16.7 Å². The highest BCUT2D eigenvalue weighted by molar-refractivity contribution is 6.33. The molecule has 33 heavy (non-hydrogen) atoms. The molecule has 0 saturated carbocycles. The van der Waals surface area contributed by atoms with Crippen molar-refractivity contribution in [1.29, 1.82) is 0 Å². The third-order valence-corrected chi connectivity index (χ3v) is 5.56. The highest BCUT2D eigenvalue weighted by Crippen LogP contribution is 2.31. The minimum absolute atomic E-state index is 0.179. The van der Waals surface area contributed by atoms with Crippen LogP contribution in [-0.4, -0.2) is 38.6 Å². The molecular weight excluding hydrogens is 416 g/mol. The predicted octanol–water partition coefficient (Wildman–Crippen LogP) is 4.00. The summed E-state index contributed by atoms with van der Waals surface area (Å²) in [5, 5.41) is 4.13. The summed E-state index contributed by atoms with van der Waals surface area (Å²) in [5.41, 5.74) is 4.17. The molecule has 0 saturated heterocycles. The predicted molar refractivity (Wildman–Crippen MR) is 124 cm³/mol. The summed E-state index contributed by atoms with van der Waals surface area (Å²) < 4.78 is 6.86. The Kier molecular flexibility index (Phi) is 5.28. The molecule has 2 heterocycles. The van der Waals surface area contributed by atoms with Crippen LogP contribution in [0.25, 0.3) is 17.3 Å². The summed E-state index contributed by atoms with van der Waals surface area (Å²) in [4.78, 5) is 31.9. The van der Waals surface area contributed by atoms with Crippen LogP contribution in [0.1, 0.15) is 27.0 Å². The van der Waals surface area contributed by atoms with Crippen LogP contribution in [0.5, 0.6) is 5.75 Å². The maximum atomic E-state index is 13.5. The zero-order chi connectivity index (χ0) is 22.8. The van der Waals surface area contributed by atoms with Gasteiger partial charge in [-0.2, -0.15) is 5.10 Å². The van der Waals surface area contributed by atoms with E-state index >= 15 is 0 Å². The number of methoxy groups -OCH3 is 1. The van der Waals surface area contributed by atoms with Gasteiger partial charge in [0.25, 0.3) is 11.8 Å². The van der Waals surface area contributed by atoms with Crippen LogP contribution in [0, 0.1) is 0 Å². The summed E-state index contributed by atoms with van der Waals surface area (Å²) in [6, 6.07) is 22.2. The minimum atomic E-state index is -0.324. The smallest absolute Gasteiger partial charge is 0.261 e. The van der Waals surface area contributed by atoms with Crippen LogP contribution >= 0.6 is 0 Å². The van der Waals surface area contributed by atoms with Gasteiger partial charge < -0.3 is 4.74 Å². The zero-order valence-corrected chi connectivity index (χ0v) is 17.9. The number of amides is 2. The SMILES string of the molecule is COc1ccc(CN2C(=O)/C(=C\c3ccc(-n4cncn4)cc3)c3ccccc3C2=O)cc1. The zero-order valence-electron chi connectivity index (χ0n) is 17.9. The van der Waals surface area contributed by atoms with Crippen molar-refractivity contribution in [2.45, 2.75) is 6.54 Å². The van der Waals surface area contributed by atoms with Gasteiger partial charge in [0, 0.05) is 11.1 Å². The van der Waals surface area contributed by atoms with Gasteiger partial charge >= 0.3 is 0 Å². The van der Waals surface area contributed by atoms with Crippen LogP contribution in [0.3, 0.4) is 0 Å². The number of hydrogen-bond donors (Lipinski definition) is 0. The van der Waals surface area contributed by atoms with Crippen LogP contribution in [0.15, 0.2) is 85.5 Å². The highest BCUT2D eigenvalue weighted by atomic mass is 16.5. The number of ether oxygens (including phenoxy) is 1. The van der Waals surface area contributed by atoms with E-state index in [1.807, 2.05) is 72.8 Å². The van der Waals surface area contributed by atoms with Gasteiger partial charge in [0.2, 0.25) is 0 Å². The number of carbonyl (C=O) groups excluding carboxylic acids is 2. The largest absolute Gasteiger partial charge is 0.497 e. The van der Waals surface area contributed by atoms with Gasteiger partial charge in [0.15, 0.2) is 0 Å². The Hall–Kier alpha value is -4.52. The molecule has 3 aromatic carbocycles. The fourth-order valence-electron chi connectivity index (χ4n) is 3.83. The van der Waals surface area contributed by atoms with E-state index in [2.05, 4.69) is 10.1 Å². The quantitative estimate of drug-likeness (QED) is 0.349. The van der Waals surface area contributed by atoms with Gasteiger partial charge in [-0.05, 0) is 53.1 Å². The first-order valence-corrected chi connectivity index (χ1v) is 10.4. The molecule has 0 spiro atoms. The number of benzene rings is 3. The fourth-order valence-corrected chi connectivity index (χ4v) is 3.83. The lowest BCUT2D eigenvalue weighted by atomic mass is 9.91. The van der Waals surface area contributed by atoms with Crippen molar-refractivity contribution in [3.05, 3.63) is 108 Å². The first-order valence-electron chi connectivity index (χ1n) is 10.4. The Balaban J connectivity index is 1.51. The van der Waals surface area contributed by atoms with Gasteiger partial charge in [-0.1, -0.05) is 42.5 Å². The monoisotopic (exact) mass is 436 g/mol. The minimum Gasteiger partial charge on any atom is -0.497 e. The van der Waals surface area contributed by atoms with Crippen LogP contribution in [-0.2, 0) is 11.3 Å². The van der Waals surface area contributed by atoms with Crippen LogP contribution in [0.4, 0.5) is 0 Å². The van der Waals surface area contributed by atoms with E-state index in [4.69, 9.17) is 4.74 Å². The molecule has 7 heteroatoms. The molecule has 4 aromatic rings. The molecule has 1 aliphatic rings. The van der Waals surface area contributed by atoms with E-state index in [0.717, 1.165) is 22.6 Å². The summed E-state index contributed by atoms with van der Waals surface area (Å²) in [5.74, 6) is 0.0929. The Bertz CT molecular complexity index is 1340. The third-order valence-electron chi connectivity index (χ3n) is 5.56. The molecule has 1 aliphatic heterocycles. The molecule has 0 atom stereocenters. The second-order valence-electron chi connectivity index (χ2n) is 7.58. The van der Waals surface area contributed by atoms with E-state index in [1.54, 1.807) is 24.2 Å². The lowest BCUT2D eigenvalue weighted by Gasteiger charge is -2.28. The number of nitrogens with zero attached hydrogens (tertiary/aromatic N) is 4. The van der Waals surface area contributed by atoms with Crippen molar-refractivity contribution >= 4 is 23.5 Å². The second kappa shape index (κ2) is 8.55. The van der Waals surface area contributed by atoms with Gasteiger partial charge in [0.1, 0.15) is 18.4 Å². The van der Waals surface area contributed by atoms with E-state index in [9.17, 15) is 9.59 Å². The highest BCUT2D eigenvalue weighted by Gasteiger charge is 2.34. The first kappa shape index (κ1) is 20.4. The molecule has 0 fully saturated rings. The van der Waals surface area contributed by atoms with E-state index in [1.165, 1.54) is 11.2 Å². The molecular formula is C26H20N4O3. The lowest BCUT2D eigenvalue weighted by Crippen LogP contribution is -2.41. The van der Waals surface area contributed by atoms with Crippen molar-refractivity contribution in [2.24, 2.45) is 0 Å². The van der Waals surface area contributed by atoms with Crippen molar-refractivity contribution in [3.63, 3.8) is 0 Å². The van der Waals surface area contributed by atoms with Crippen LogP contribution < -0.4 is 4.74 Å². The maximum Gasteiger partial charge on any atom is 0.261 e. The van der Waals surface area contributed by atoms with E-state index in [-0.39, 0.29) is 18.4 Å². The lowest BCUT2D eigenvalue weighted by molar-refractivity contribution is -0.123. The van der Waals surface area contributed by atoms with E-state index < -0.39 is 0 Å². The molecule has 0 unspecified atom stereocenters. The maximum absolute atomic E-state index is 13.5. The van der Waals surface area contributed by atoms with Crippen molar-refractivity contribution < 1.29 is 14.3 Å². The average molecular weight is 436 g/mol. The molecule has 5 rings (SSSR count). The number of carbonyl (C=O) groups is 2. The summed E-state index contributed by atoms with van der Waals surface area (Å²) >= 11 is 0. The molecule has 0 N–H and O–H groups in total. The first-order chi connectivity index (χ1) is 16.1. The van der Waals surface area contributed by atoms with Crippen molar-refractivity contribution in [2.75, 3.05) is 7.11 Å². The van der Waals surface area contributed by atoms with Crippen molar-refractivity contribution in [3.8, 4) is 11.4 Å². The Morgan fingerprint density at radius 3 is 2.27 bits per heavy atom. The molecule has 0 aliphatic carbocycles. The average Bonchev–Trinajstić information content (AvgIpc) is 3.40. The number of hydrogen-bond acceptors (Lipinski definition) is 5. The molecule has 1 aromatic heterocycles. The van der Waals surface area contributed by atoms with Crippen molar-refractivity contribution in [1.82, 2.24) is 19.7 Å². The van der Waals surface area contributed by atoms with Gasteiger partial charge in [0.05, 0.1) is 19.3 Å².